The molecule has 0 aliphatic heterocycles. The van der Waals surface area contributed by atoms with Crippen LogP contribution in [0.2, 0.25) is 0 Å². The highest BCUT2D eigenvalue weighted by Gasteiger charge is 2.25. The standard InChI is InChI=1S/C19H18FN3O2/c1-12(2)16(21-18(24)14-8-10-15(20)11-9-14)19-22-17(23-25-19)13-6-4-3-5-7-13/h3-12,16H,1-2H3,(H,21,24)/t16-/m0/s1. The zero-order chi connectivity index (χ0) is 17.8. The highest BCUT2D eigenvalue weighted by Crippen LogP contribution is 2.24. The Bertz CT molecular complexity index is 845. The molecule has 3 aromatic rings. The molecule has 3 rings (SSSR count). The van der Waals surface area contributed by atoms with Gasteiger partial charge in [-0.2, -0.15) is 4.98 Å². The Balaban J connectivity index is 1.81. The second kappa shape index (κ2) is 7.25. The van der Waals surface area contributed by atoms with Crippen molar-refractivity contribution < 1.29 is 13.7 Å². The lowest BCUT2D eigenvalue weighted by Crippen LogP contribution is -2.32. The normalized spacial score (nSPS) is 12.2. The summed E-state index contributed by atoms with van der Waals surface area (Å²) in [7, 11) is 0. The van der Waals surface area contributed by atoms with E-state index in [4.69, 9.17) is 4.52 Å². The second-order valence-corrected chi connectivity index (χ2v) is 6.02. The van der Waals surface area contributed by atoms with E-state index in [9.17, 15) is 9.18 Å². The van der Waals surface area contributed by atoms with Crippen LogP contribution in [0.15, 0.2) is 59.1 Å². The predicted octanol–water partition coefficient (Wildman–Crippen LogP) is 4.00. The van der Waals surface area contributed by atoms with Crippen LogP contribution in [0.1, 0.15) is 36.1 Å². The Hall–Kier alpha value is -3.02. The summed E-state index contributed by atoms with van der Waals surface area (Å²) in [6, 6.07) is 14.4. The maximum Gasteiger partial charge on any atom is 0.251 e. The van der Waals surface area contributed by atoms with Crippen molar-refractivity contribution >= 4 is 5.91 Å². The highest BCUT2D eigenvalue weighted by molar-refractivity contribution is 5.94. The van der Waals surface area contributed by atoms with Crippen molar-refractivity contribution in [3.63, 3.8) is 0 Å². The van der Waals surface area contributed by atoms with Crippen LogP contribution in [-0.2, 0) is 0 Å². The average Bonchev–Trinajstić information content (AvgIpc) is 3.10. The highest BCUT2D eigenvalue weighted by atomic mass is 19.1. The van der Waals surface area contributed by atoms with Crippen molar-refractivity contribution in [2.75, 3.05) is 0 Å². The van der Waals surface area contributed by atoms with E-state index >= 15 is 0 Å². The molecular weight excluding hydrogens is 321 g/mol. The number of aromatic nitrogens is 2. The predicted molar refractivity (Wildman–Crippen MR) is 91.2 cm³/mol. The number of benzene rings is 2. The number of hydrogen-bond donors (Lipinski definition) is 1. The molecule has 1 N–H and O–H groups in total. The summed E-state index contributed by atoms with van der Waals surface area (Å²) in [6.45, 7) is 3.89. The maximum absolute atomic E-state index is 13.0. The van der Waals surface area contributed by atoms with E-state index in [0.29, 0.717) is 17.3 Å². The number of carbonyl (C=O) groups is 1. The molecule has 0 radical (unpaired) electrons. The summed E-state index contributed by atoms with van der Waals surface area (Å²) in [5, 5.41) is 6.87. The van der Waals surface area contributed by atoms with Crippen LogP contribution in [-0.4, -0.2) is 16.0 Å². The largest absolute Gasteiger partial charge is 0.340 e. The van der Waals surface area contributed by atoms with Crippen LogP contribution >= 0.6 is 0 Å². The first kappa shape index (κ1) is 16.8. The number of nitrogens with zero attached hydrogens (tertiary/aromatic N) is 2. The molecule has 6 heteroatoms. The number of halogens is 1. The molecule has 1 amide bonds. The fourth-order valence-electron chi connectivity index (χ4n) is 2.41. The first-order valence-electron chi connectivity index (χ1n) is 8.00. The molecule has 0 aliphatic carbocycles. The minimum absolute atomic E-state index is 0.0356. The van der Waals surface area contributed by atoms with E-state index in [0.717, 1.165) is 5.56 Å². The van der Waals surface area contributed by atoms with Crippen LogP contribution in [0.4, 0.5) is 4.39 Å². The van der Waals surface area contributed by atoms with Gasteiger partial charge in [-0.1, -0.05) is 49.3 Å². The lowest BCUT2D eigenvalue weighted by Gasteiger charge is -2.18. The van der Waals surface area contributed by atoms with E-state index in [1.165, 1.54) is 24.3 Å². The van der Waals surface area contributed by atoms with Gasteiger partial charge in [0.05, 0.1) is 0 Å². The molecule has 0 spiro atoms. The van der Waals surface area contributed by atoms with Crippen molar-refractivity contribution in [1.82, 2.24) is 15.5 Å². The van der Waals surface area contributed by atoms with Gasteiger partial charge in [-0.05, 0) is 30.2 Å². The van der Waals surface area contributed by atoms with E-state index < -0.39 is 6.04 Å². The number of amides is 1. The first-order valence-corrected chi connectivity index (χ1v) is 8.00. The Labute approximate surface area is 144 Å². The summed E-state index contributed by atoms with van der Waals surface area (Å²) in [6.07, 6.45) is 0. The lowest BCUT2D eigenvalue weighted by atomic mass is 10.0. The van der Waals surface area contributed by atoms with Gasteiger partial charge in [0.25, 0.3) is 5.91 Å². The summed E-state index contributed by atoms with van der Waals surface area (Å²) in [4.78, 5) is 16.8. The zero-order valence-corrected chi connectivity index (χ0v) is 13.9. The zero-order valence-electron chi connectivity index (χ0n) is 13.9. The molecule has 0 bridgehead atoms. The molecule has 128 valence electrons. The first-order chi connectivity index (χ1) is 12.0. The molecule has 0 saturated heterocycles. The fraction of sp³-hybridized carbons (Fsp3) is 0.211. The molecular formula is C19H18FN3O2. The van der Waals surface area contributed by atoms with Crippen molar-refractivity contribution in [2.24, 2.45) is 5.92 Å². The number of hydrogen-bond acceptors (Lipinski definition) is 4. The van der Waals surface area contributed by atoms with Crippen LogP contribution in [0.25, 0.3) is 11.4 Å². The molecule has 25 heavy (non-hydrogen) atoms. The Kier molecular flexibility index (Phi) is 4.88. The monoisotopic (exact) mass is 339 g/mol. The van der Waals surface area contributed by atoms with Gasteiger partial charge < -0.3 is 9.84 Å². The smallest absolute Gasteiger partial charge is 0.251 e. The molecule has 1 heterocycles. The van der Waals surface area contributed by atoms with Crippen LogP contribution in [0.5, 0.6) is 0 Å². The van der Waals surface area contributed by atoms with Gasteiger partial charge in [0.1, 0.15) is 11.9 Å². The van der Waals surface area contributed by atoms with Gasteiger partial charge in [0, 0.05) is 11.1 Å². The number of nitrogens with one attached hydrogen (secondary N) is 1. The third kappa shape index (κ3) is 3.91. The molecule has 1 atom stereocenters. The van der Waals surface area contributed by atoms with Gasteiger partial charge in [-0.15, -0.1) is 0 Å². The summed E-state index contributed by atoms with van der Waals surface area (Å²) in [5.41, 5.74) is 1.21. The van der Waals surface area contributed by atoms with Gasteiger partial charge in [-0.25, -0.2) is 4.39 Å². The Morgan fingerprint density at radius 1 is 1.08 bits per heavy atom. The fourth-order valence-corrected chi connectivity index (χ4v) is 2.41. The third-order valence-electron chi connectivity index (χ3n) is 3.80. The quantitative estimate of drug-likeness (QED) is 0.763. The van der Waals surface area contributed by atoms with Crippen LogP contribution in [0.3, 0.4) is 0 Å². The van der Waals surface area contributed by atoms with Crippen molar-refractivity contribution in [1.29, 1.82) is 0 Å². The van der Waals surface area contributed by atoms with Gasteiger partial charge in [0.2, 0.25) is 11.7 Å². The molecule has 0 fully saturated rings. The number of rotatable bonds is 5. The van der Waals surface area contributed by atoms with Crippen molar-refractivity contribution in [3.8, 4) is 11.4 Å². The maximum atomic E-state index is 13.0. The minimum atomic E-state index is -0.442. The molecule has 1 aromatic heterocycles. The molecule has 5 nitrogen and oxygen atoms in total. The van der Waals surface area contributed by atoms with E-state index in [1.54, 1.807) is 0 Å². The third-order valence-corrected chi connectivity index (χ3v) is 3.80. The van der Waals surface area contributed by atoms with E-state index in [-0.39, 0.29) is 17.6 Å². The van der Waals surface area contributed by atoms with Gasteiger partial charge in [-0.3, -0.25) is 4.79 Å². The van der Waals surface area contributed by atoms with Crippen molar-refractivity contribution in [2.45, 2.75) is 19.9 Å². The summed E-state index contributed by atoms with van der Waals surface area (Å²) in [5.74, 6) is 0.134. The van der Waals surface area contributed by atoms with E-state index in [2.05, 4.69) is 15.5 Å². The Morgan fingerprint density at radius 3 is 2.40 bits per heavy atom. The minimum Gasteiger partial charge on any atom is -0.340 e. The van der Waals surface area contributed by atoms with Crippen molar-refractivity contribution in [3.05, 3.63) is 71.9 Å². The lowest BCUT2D eigenvalue weighted by molar-refractivity contribution is 0.0914. The molecule has 0 saturated carbocycles. The SMILES string of the molecule is CC(C)[C@H](NC(=O)c1ccc(F)cc1)c1nc(-c2ccccc2)no1. The molecule has 2 aromatic carbocycles. The molecule has 0 aliphatic rings. The van der Waals surface area contributed by atoms with Crippen LogP contribution < -0.4 is 5.32 Å². The molecule has 0 unspecified atom stereocenters. The average molecular weight is 339 g/mol. The van der Waals surface area contributed by atoms with Gasteiger partial charge >= 0.3 is 0 Å². The topological polar surface area (TPSA) is 68.0 Å². The van der Waals surface area contributed by atoms with E-state index in [1.807, 2.05) is 44.2 Å². The van der Waals surface area contributed by atoms with Gasteiger partial charge in [0.15, 0.2) is 0 Å². The summed E-state index contributed by atoms with van der Waals surface area (Å²) >= 11 is 0. The second-order valence-electron chi connectivity index (χ2n) is 6.02. The Morgan fingerprint density at radius 2 is 1.76 bits per heavy atom. The number of carbonyl (C=O) groups excluding carboxylic acids is 1. The summed E-state index contributed by atoms with van der Waals surface area (Å²) < 4.78 is 18.4. The van der Waals surface area contributed by atoms with Crippen LogP contribution in [0, 0.1) is 11.7 Å².